The van der Waals surface area contributed by atoms with Crippen LogP contribution >= 0.6 is 0 Å². The van der Waals surface area contributed by atoms with Gasteiger partial charge in [-0.2, -0.15) is 0 Å². The smallest absolute Gasteiger partial charge is 0.333 e. The van der Waals surface area contributed by atoms with Crippen LogP contribution in [0.1, 0.15) is 33.8 Å². The van der Waals surface area contributed by atoms with Gasteiger partial charge in [-0.05, 0) is 36.0 Å². The Hall–Kier alpha value is -3.28. The average Bonchev–Trinajstić information content (AvgIpc) is 3.32. The normalized spacial score (nSPS) is 22.1. The zero-order valence-electron chi connectivity index (χ0n) is 15.6. The number of hydrazine groups is 1. The number of hydrogen-bond acceptors (Lipinski definition) is 2. The maximum Gasteiger partial charge on any atom is 0.333 e. The Balaban J connectivity index is 1.21. The van der Waals surface area contributed by atoms with Crippen molar-refractivity contribution in [1.29, 1.82) is 0 Å². The third-order valence-electron chi connectivity index (χ3n) is 6.06. The molecule has 1 fully saturated rings. The van der Waals surface area contributed by atoms with Crippen LogP contribution in [0.2, 0.25) is 0 Å². The molecule has 3 N–H and O–H groups in total. The predicted octanol–water partition coefficient (Wildman–Crippen LogP) is 2.85. The third-order valence-corrected chi connectivity index (χ3v) is 6.06. The summed E-state index contributed by atoms with van der Waals surface area (Å²) in [7, 11) is 1.89. The maximum atomic E-state index is 12.5. The number of benzene rings is 2. The fourth-order valence-electron chi connectivity index (χ4n) is 4.65. The van der Waals surface area contributed by atoms with Gasteiger partial charge in [-0.15, -0.1) is 0 Å². The molecule has 142 valence electrons. The van der Waals surface area contributed by atoms with E-state index in [-0.39, 0.29) is 18.0 Å². The predicted molar refractivity (Wildman–Crippen MR) is 107 cm³/mol. The van der Waals surface area contributed by atoms with Crippen molar-refractivity contribution in [2.75, 3.05) is 0 Å². The largest absolute Gasteiger partial charge is 0.350 e. The van der Waals surface area contributed by atoms with Crippen LogP contribution in [0, 0.1) is 5.92 Å². The van der Waals surface area contributed by atoms with E-state index in [0.29, 0.717) is 17.4 Å². The molecule has 3 atom stereocenters. The van der Waals surface area contributed by atoms with Crippen molar-refractivity contribution in [1.82, 2.24) is 20.7 Å². The van der Waals surface area contributed by atoms with Crippen molar-refractivity contribution in [3.63, 3.8) is 0 Å². The van der Waals surface area contributed by atoms with E-state index < -0.39 is 0 Å². The molecule has 0 bridgehead atoms. The molecule has 5 rings (SSSR count). The van der Waals surface area contributed by atoms with E-state index in [0.717, 1.165) is 23.7 Å². The van der Waals surface area contributed by atoms with Gasteiger partial charge in [0.25, 0.3) is 5.91 Å². The summed E-state index contributed by atoms with van der Waals surface area (Å²) in [5, 5.41) is 3.87. The van der Waals surface area contributed by atoms with Crippen LogP contribution in [0.3, 0.4) is 0 Å². The number of rotatable bonds is 2. The van der Waals surface area contributed by atoms with Crippen molar-refractivity contribution in [3.05, 3.63) is 71.4 Å². The molecule has 3 aromatic rings. The Morgan fingerprint density at radius 1 is 1.04 bits per heavy atom. The highest BCUT2D eigenvalue weighted by atomic mass is 16.2. The first-order valence-electron chi connectivity index (χ1n) is 9.62. The summed E-state index contributed by atoms with van der Waals surface area (Å²) in [6.45, 7) is 0. The van der Waals surface area contributed by atoms with Crippen molar-refractivity contribution < 1.29 is 9.59 Å². The number of aromatic nitrogens is 1. The van der Waals surface area contributed by atoms with Gasteiger partial charge >= 0.3 is 6.03 Å². The van der Waals surface area contributed by atoms with Crippen molar-refractivity contribution in [2.45, 2.75) is 24.8 Å². The summed E-state index contributed by atoms with van der Waals surface area (Å²) in [5.41, 5.74) is 9.27. The number of carbonyl (C=O) groups is 2. The molecule has 28 heavy (non-hydrogen) atoms. The van der Waals surface area contributed by atoms with Crippen LogP contribution in [0.4, 0.5) is 4.79 Å². The van der Waals surface area contributed by atoms with Gasteiger partial charge in [0.2, 0.25) is 0 Å². The number of aryl methyl sites for hydroxylation is 2. The summed E-state index contributed by atoms with van der Waals surface area (Å²) in [6.07, 6.45) is 3.93. The first-order valence-corrected chi connectivity index (χ1v) is 9.62. The Morgan fingerprint density at radius 3 is 2.71 bits per heavy atom. The summed E-state index contributed by atoms with van der Waals surface area (Å²) in [5.74, 6) is 0.560. The van der Waals surface area contributed by atoms with E-state index in [2.05, 4.69) is 40.4 Å². The number of hydrogen-bond donors (Lipinski definition) is 3. The number of nitrogens with one attached hydrogen (secondary N) is 3. The van der Waals surface area contributed by atoms with Crippen LogP contribution in [0.25, 0.3) is 10.9 Å². The maximum absolute atomic E-state index is 12.5. The van der Waals surface area contributed by atoms with Gasteiger partial charge in [0.05, 0.1) is 5.56 Å². The molecule has 1 saturated carbocycles. The van der Waals surface area contributed by atoms with Gasteiger partial charge in [0.1, 0.15) is 0 Å². The van der Waals surface area contributed by atoms with E-state index in [4.69, 9.17) is 0 Å². The fourth-order valence-corrected chi connectivity index (χ4v) is 4.65. The highest BCUT2D eigenvalue weighted by molar-refractivity contribution is 6.07. The van der Waals surface area contributed by atoms with Crippen molar-refractivity contribution >= 4 is 22.8 Å². The minimum atomic E-state index is -0.370. The van der Waals surface area contributed by atoms with Crippen molar-refractivity contribution in [3.8, 4) is 0 Å². The Labute approximate surface area is 162 Å². The lowest BCUT2D eigenvalue weighted by molar-refractivity contribution is 0.0937. The van der Waals surface area contributed by atoms with Crippen LogP contribution in [0.15, 0.2) is 54.7 Å². The minimum Gasteiger partial charge on any atom is -0.350 e. The van der Waals surface area contributed by atoms with Gasteiger partial charge in [-0.3, -0.25) is 10.2 Å². The first-order chi connectivity index (χ1) is 13.6. The lowest BCUT2D eigenvalue weighted by Crippen LogP contribution is -2.48. The number of urea groups is 1. The topological polar surface area (TPSA) is 75.2 Å². The highest BCUT2D eigenvalue weighted by Gasteiger charge is 2.53. The zero-order chi connectivity index (χ0) is 19.3. The van der Waals surface area contributed by atoms with Gasteiger partial charge in [-0.25, -0.2) is 10.2 Å². The Kier molecular flexibility index (Phi) is 3.86. The second-order valence-electron chi connectivity index (χ2n) is 7.68. The molecule has 6 nitrogen and oxygen atoms in total. The van der Waals surface area contributed by atoms with Crippen LogP contribution in [-0.4, -0.2) is 22.5 Å². The second-order valence-corrected chi connectivity index (χ2v) is 7.68. The molecule has 1 heterocycles. The fraction of sp³-hybridized carbons (Fsp3) is 0.273. The number of carbonyl (C=O) groups excluding carboxylic acids is 2. The second kappa shape index (κ2) is 6.41. The Morgan fingerprint density at radius 2 is 1.82 bits per heavy atom. The minimum absolute atomic E-state index is 0.137. The summed E-state index contributed by atoms with van der Waals surface area (Å²) >= 11 is 0. The quantitative estimate of drug-likeness (QED) is 0.604. The molecule has 3 amide bonds. The van der Waals surface area contributed by atoms with Gasteiger partial charge in [0.15, 0.2) is 0 Å². The van der Waals surface area contributed by atoms with Gasteiger partial charge in [-0.1, -0.05) is 42.5 Å². The highest BCUT2D eigenvalue weighted by Crippen LogP contribution is 2.54. The standard InChI is InChI=1S/C22H22N4O2/c1-26-12-17(15-8-4-5-9-18(15)26)21(27)24-25-22(28)23-20-16-11-10-13-6-2-3-7-14(13)19(16)20/h2-9,12,16,19-20H,10-11H2,1H3,(H,24,27)(H2,23,25,28). The SMILES string of the molecule is Cn1cc(C(=O)NNC(=O)NC2C3CCc4ccccc4C32)c2ccccc21. The molecule has 2 aliphatic rings. The third kappa shape index (κ3) is 2.72. The molecule has 0 spiro atoms. The van der Waals surface area contributed by atoms with Gasteiger partial charge in [0, 0.05) is 36.1 Å². The molecule has 3 unspecified atom stereocenters. The summed E-state index contributed by atoms with van der Waals surface area (Å²) in [4.78, 5) is 24.8. The molecule has 0 radical (unpaired) electrons. The molecular weight excluding hydrogens is 352 g/mol. The molecule has 0 saturated heterocycles. The average molecular weight is 374 g/mol. The molecule has 2 aliphatic carbocycles. The van der Waals surface area contributed by atoms with E-state index in [9.17, 15) is 9.59 Å². The molecule has 2 aromatic carbocycles. The summed E-state index contributed by atoms with van der Waals surface area (Å²) < 4.78 is 1.90. The van der Waals surface area contributed by atoms with Gasteiger partial charge < -0.3 is 9.88 Å². The molecule has 1 aromatic heterocycles. The van der Waals surface area contributed by atoms with Crippen LogP contribution < -0.4 is 16.2 Å². The first kappa shape index (κ1) is 16.9. The molecule has 6 heteroatoms. The number of para-hydroxylation sites is 1. The summed E-state index contributed by atoms with van der Waals surface area (Å²) in [6, 6.07) is 15.9. The zero-order valence-corrected chi connectivity index (χ0v) is 15.6. The van der Waals surface area contributed by atoms with E-state index in [1.807, 2.05) is 35.9 Å². The Bertz CT molecular complexity index is 1090. The number of amides is 3. The number of nitrogens with zero attached hydrogens (tertiary/aromatic N) is 1. The van der Waals surface area contributed by atoms with E-state index >= 15 is 0 Å². The number of fused-ring (bicyclic) bond motifs is 4. The lowest BCUT2D eigenvalue weighted by Gasteiger charge is -2.13. The van der Waals surface area contributed by atoms with Crippen LogP contribution in [0.5, 0.6) is 0 Å². The van der Waals surface area contributed by atoms with Crippen LogP contribution in [-0.2, 0) is 13.5 Å². The lowest BCUT2D eigenvalue weighted by atomic mass is 9.92. The van der Waals surface area contributed by atoms with Crippen molar-refractivity contribution in [2.24, 2.45) is 13.0 Å². The molecular formula is C22H22N4O2. The van der Waals surface area contributed by atoms with E-state index in [1.165, 1.54) is 11.1 Å². The monoisotopic (exact) mass is 374 g/mol. The van der Waals surface area contributed by atoms with E-state index in [1.54, 1.807) is 6.20 Å². The molecule has 0 aliphatic heterocycles.